The van der Waals surface area contributed by atoms with Crippen LogP contribution in [0.2, 0.25) is 0 Å². The van der Waals surface area contributed by atoms with Crippen LogP contribution in [-0.2, 0) is 26.1 Å². The Labute approximate surface area is 194 Å². The summed E-state index contributed by atoms with van der Waals surface area (Å²) in [7, 11) is -3.56. The van der Waals surface area contributed by atoms with Gasteiger partial charge in [-0.1, -0.05) is 17.8 Å². The van der Waals surface area contributed by atoms with Gasteiger partial charge in [-0.3, -0.25) is 4.79 Å². The van der Waals surface area contributed by atoms with E-state index in [-0.39, 0.29) is 16.6 Å². The van der Waals surface area contributed by atoms with Crippen LogP contribution in [0.1, 0.15) is 6.92 Å². The Bertz CT molecular complexity index is 1150. The van der Waals surface area contributed by atoms with Crippen molar-refractivity contribution in [2.45, 2.75) is 23.5 Å². The number of thiophene rings is 1. The molecule has 0 bridgehead atoms. The van der Waals surface area contributed by atoms with Gasteiger partial charge in [0.2, 0.25) is 15.9 Å². The fourth-order valence-electron chi connectivity index (χ4n) is 3.24. The van der Waals surface area contributed by atoms with Gasteiger partial charge in [-0.15, -0.1) is 21.5 Å². The third-order valence-electron chi connectivity index (χ3n) is 4.85. The fourth-order valence-corrected chi connectivity index (χ4v) is 6.17. The Morgan fingerprint density at radius 1 is 1.19 bits per heavy atom. The Balaban J connectivity index is 1.36. The first kappa shape index (κ1) is 22.9. The summed E-state index contributed by atoms with van der Waals surface area (Å²) in [6.07, 6.45) is 0. The van der Waals surface area contributed by atoms with Gasteiger partial charge in [0.15, 0.2) is 11.0 Å². The van der Waals surface area contributed by atoms with Gasteiger partial charge < -0.3 is 14.6 Å². The second-order valence-electron chi connectivity index (χ2n) is 6.91. The minimum Gasteiger partial charge on any atom is -0.379 e. The van der Waals surface area contributed by atoms with Gasteiger partial charge in [0.1, 0.15) is 0 Å². The van der Waals surface area contributed by atoms with Crippen LogP contribution < -0.4 is 5.32 Å². The second kappa shape index (κ2) is 10.1. The molecule has 3 heterocycles. The molecule has 1 aliphatic rings. The summed E-state index contributed by atoms with van der Waals surface area (Å²) in [6.45, 7) is 4.18. The number of carbonyl (C=O) groups is 1. The number of nitrogens with one attached hydrogen (secondary N) is 1. The van der Waals surface area contributed by atoms with E-state index in [0.717, 1.165) is 10.7 Å². The van der Waals surface area contributed by atoms with Crippen molar-refractivity contribution in [3.8, 4) is 10.7 Å². The Hall–Kier alpha value is -2.25. The lowest BCUT2D eigenvalue weighted by Crippen LogP contribution is -2.40. The van der Waals surface area contributed by atoms with E-state index >= 15 is 0 Å². The highest BCUT2D eigenvalue weighted by atomic mass is 32.2. The van der Waals surface area contributed by atoms with Gasteiger partial charge in [0, 0.05) is 25.3 Å². The summed E-state index contributed by atoms with van der Waals surface area (Å²) < 4.78 is 34.0. The number of aromatic nitrogens is 3. The number of nitrogens with zero attached hydrogens (tertiary/aromatic N) is 4. The van der Waals surface area contributed by atoms with E-state index in [2.05, 4.69) is 15.5 Å². The quantitative estimate of drug-likeness (QED) is 0.481. The van der Waals surface area contributed by atoms with Crippen LogP contribution in [0.5, 0.6) is 0 Å². The maximum absolute atomic E-state index is 12.7. The number of thioether (sulfide) groups is 1. The van der Waals surface area contributed by atoms with Crippen LogP contribution in [0.15, 0.2) is 51.8 Å². The molecular formula is C20H23N5O4S3. The number of benzene rings is 1. The number of anilines is 1. The molecule has 3 aromatic rings. The SMILES string of the molecule is CCn1c(SCC(=O)Nc2ccc(S(=O)(=O)N3CCOCC3)cc2)nnc1-c1cccs1. The van der Waals surface area contributed by atoms with Crippen molar-refractivity contribution in [1.82, 2.24) is 19.1 Å². The lowest BCUT2D eigenvalue weighted by atomic mass is 10.3. The van der Waals surface area contributed by atoms with E-state index in [1.54, 1.807) is 23.5 Å². The van der Waals surface area contributed by atoms with Crippen LogP contribution in [0.4, 0.5) is 5.69 Å². The van der Waals surface area contributed by atoms with Crippen LogP contribution in [0.25, 0.3) is 10.7 Å². The second-order valence-corrected chi connectivity index (χ2v) is 10.7. The molecule has 0 saturated carbocycles. The van der Waals surface area contributed by atoms with Crippen molar-refractivity contribution in [3.63, 3.8) is 0 Å². The Kier molecular flexibility index (Phi) is 7.26. The summed E-state index contributed by atoms with van der Waals surface area (Å²) >= 11 is 2.90. The van der Waals surface area contributed by atoms with Gasteiger partial charge in [-0.05, 0) is 42.6 Å². The summed E-state index contributed by atoms with van der Waals surface area (Å²) in [5.74, 6) is 0.751. The molecule has 170 valence electrons. The van der Waals surface area contributed by atoms with E-state index in [9.17, 15) is 13.2 Å². The molecule has 0 unspecified atom stereocenters. The molecule has 0 aliphatic carbocycles. The standard InChI is InChI=1S/C20H23N5O4S3/c1-2-25-19(17-4-3-13-30-17)22-23-20(25)31-14-18(26)21-15-5-7-16(8-6-15)32(27,28)24-9-11-29-12-10-24/h3-8,13H,2,9-12,14H2,1H3,(H,21,26). The average Bonchev–Trinajstić information content (AvgIpc) is 3.48. The van der Waals surface area contributed by atoms with Crippen molar-refractivity contribution in [2.75, 3.05) is 37.4 Å². The number of amides is 1. The zero-order chi connectivity index (χ0) is 22.6. The van der Waals surface area contributed by atoms with Crippen LogP contribution in [-0.4, -0.2) is 65.5 Å². The number of morpholine rings is 1. The largest absolute Gasteiger partial charge is 0.379 e. The van der Waals surface area contributed by atoms with Crippen molar-refractivity contribution >= 4 is 44.7 Å². The van der Waals surface area contributed by atoms with Crippen LogP contribution >= 0.6 is 23.1 Å². The minimum atomic E-state index is -3.56. The van der Waals surface area contributed by atoms with Gasteiger partial charge >= 0.3 is 0 Å². The molecule has 32 heavy (non-hydrogen) atoms. The number of ether oxygens (including phenoxy) is 1. The summed E-state index contributed by atoms with van der Waals surface area (Å²) in [4.78, 5) is 13.7. The molecule has 4 rings (SSSR count). The molecule has 1 amide bonds. The van der Waals surface area contributed by atoms with E-state index < -0.39 is 10.0 Å². The topological polar surface area (TPSA) is 106 Å². The van der Waals surface area contributed by atoms with Crippen LogP contribution in [0.3, 0.4) is 0 Å². The third kappa shape index (κ3) is 5.04. The Morgan fingerprint density at radius 3 is 2.59 bits per heavy atom. The van der Waals surface area contributed by atoms with E-state index in [0.29, 0.717) is 43.7 Å². The van der Waals surface area contributed by atoms with Crippen molar-refractivity contribution in [3.05, 3.63) is 41.8 Å². The number of hydrogen-bond donors (Lipinski definition) is 1. The summed E-state index contributed by atoms with van der Waals surface area (Å²) in [5, 5.41) is 14.0. The molecule has 9 nitrogen and oxygen atoms in total. The molecule has 1 aliphatic heterocycles. The summed E-state index contributed by atoms with van der Waals surface area (Å²) in [6, 6.07) is 10.2. The van der Waals surface area contributed by atoms with E-state index in [1.807, 2.05) is 29.0 Å². The van der Waals surface area contributed by atoms with Gasteiger partial charge in [0.25, 0.3) is 0 Å². The predicted molar refractivity (Wildman–Crippen MR) is 124 cm³/mol. The summed E-state index contributed by atoms with van der Waals surface area (Å²) in [5.41, 5.74) is 0.535. The molecule has 0 radical (unpaired) electrons. The lowest BCUT2D eigenvalue weighted by Gasteiger charge is -2.26. The number of sulfonamides is 1. The van der Waals surface area contributed by atoms with Gasteiger partial charge in [0.05, 0.1) is 28.7 Å². The minimum absolute atomic E-state index is 0.163. The van der Waals surface area contributed by atoms with E-state index in [4.69, 9.17) is 4.74 Å². The number of rotatable bonds is 8. The molecule has 1 N–H and O–H groups in total. The number of carbonyl (C=O) groups excluding carboxylic acids is 1. The molecule has 0 spiro atoms. The van der Waals surface area contributed by atoms with E-state index in [1.165, 1.54) is 28.2 Å². The van der Waals surface area contributed by atoms with Gasteiger partial charge in [-0.25, -0.2) is 8.42 Å². The third-order valence-corrected chi connectivity index (χ3v) is 8.60. The molecule has 0 atom stereocenters. The first-order chi connectivity index (χ1) is 15.5. The van der Waals surface area contributed by atoms with Gasteiger partial charge in [-0.2, -0.15) is 4.31 Å². The molecule has 1 fully saturated rings. The smallest absolute Gasteiger partial charge is 0.243 e. The zero-order valence-electron chi connectivity index (χ0n) is 17.4. The first-order valence-corrected chi connectivity index (χ1v) is 13.4. The average molecular weight is 494 g/mol. The van der Waals surface area contributed by atoms with Crippen molar-refractivity contribution in [2.24, 2.45) is 0 Å². The molecule has 1 aromatic carbocycles. The maximum atomic E-state index is 12.7. The molecule has 2 aromatic heterocycles. The molecular weight excluding hydrogens is 470 g/mol. The van der Waals surface area contributed by atoms with Crippen molar-refractivity contribution < 1.29 is 17.9 Å². The predicted octanol–water partition coefficient (Wildman–Crippen LogP) is 2.78. The first-order valence-electron chi connectivity index (χ1n) is 10.1. The van der Waals surface area contributed by atoms with Crippen LogP contribution in [0, 0.1) is 0 Å². The highest BCUT2D eigenvalue weighted by Gasteiger charge is 2.26. The molecule has 1 saturated heterocycles. The highest BCUT2D eigenvalue weighted by molar-refractivity contribution is 7.99. The maximum Gasteiger partial charge on any atom is 0.243 e. The highest BCUT2D eigenvalue weighted by Crippen LogP contribution is 2.27. The Morgan fingerprint density at radius 2 is 1.94 bits per heavy atom. The zero-order valence-corrected chi connectivity index (χ0v) is 19.9. The van der Waals surface area contributed by atoms with Crippen molar-refractivity contribution in [1.29, 1.82) is 0 Å². The monoisotopic (exact) mass is 493 g/mol. The normalized spacial score (nSPS) is 15.0. The number of hydrogen-bond acceptors (Lipinski definition) is 8. The lowest BCUT2D eigenvalue weighted by molar-refractivity contribution is -0.113. The molecule has 12 heteroatoms. The fraction of sp³-hybridized carbons (Fsp3) is 0.350.